The summed E-state index contributed by atoms with van der Waals surface area (Å²) in [5.41, 5.74) is 28.6. The summed E-state index contributed by atoms with van der Waals surface area (Å²) in [6.07, 6.45) is 0.0552. The van der Waals surface area contributed by atoms with Crippen LogP contribution in [0.2, 0.25) is 0 Å². The van der Waals surface area contributed by atoms with Crippen LogP contribution in [-0.4, -0.2) is 0 Å². The van der Waals surface area contributed by atoms with E-state index in [0.29, 0.717) is 153 Å². The van der Waals surface area contributed by atoms with Gasteiger partial charge in [0.2, 0.25) is 22.8 Å². The summed E-state index contributed by atoms with van der Waals surface area (Å²) in [6.45, 7) is 66.8. The highest BCUT2D eigenvalue weighted by Gasteiger charge is 2.33. The van der Waals surface area contributed by atoms with E-state index in [1.54, 1.807) is 69.3 Å². The quantitative estimate of drug-likeness (QED) is 0.0756. The SMILES string of the molecule is [2H]c1c([2H])c(-c2c(C)ccc3c2oc2c(-c4ccc(C(C)C)cc4)c([N+]#[C-])ccc23)[n+](C)c(C)c1C([2H])(C)C.[2H]c1c([2H])c(-c2c(C)ccc3c2oc2c(-c4ccc(C(C)C)cc4)c([N+]#[C-])ccc23)[n+](C)c(C)c1C([2H])(C)C([2H])([2H])[2H].[2H]c1c([2H])c(-c2c(C)ccc3c2oc2c(-c4ccc(C(C)C)cc4)c([N+]#[C-])ccc23)[n+](C)c(C)c1C([2H])([2H])[2H].[2H]c1cc(-c2c(C)ccc3c2oc2c(-c4ccc(C(C)C)cc4)c([N+]#[C-])ccc23)[n+](C)cc1C([2H])([2H])C(C)(C)C. The highest BCUT2D eigenvalue weighted by atomic mass is 16.3. The first-order chi connectivity index (χ1) is 75.1. The van der Waals surface area contributed by atoms with Gasteiger partial charge in [-0.2, -0.15) is 13.7 Å². The third-order valence-corrected chi connectivity index (χ3v) is 27.9. The summed E-state index contributed by atoms with van der Waals surface area (Å²) < 4.78 is 178. The molecule has 0 aliphatic heterocycles. The van der Waals surface area contributed by atoms with Gasteiger partial charge < -0.3 is 17.7 Å². The summed E-state index contributed by atoms with van der Waals surface area (Å²) in [4.78, 5) is 15.2. The van der Waals surface area contributed by atoms with Crippen molar-refractivity contribution >= 4 is 111 Å². The van der Waals surface area contributed by atoms with Crippen molar-refractivity contribution in [3.05, 3.63) is 378 Å². The van der Waals surface area contributed by atoms with E-state index in [1.165, 1.54) is 29.2 Å². The molecule has 0 amide bonds. The highest BCUT2D eigenvalue weighted by Crippen LogP contribution is 2.51. The van der Waals surface area contributed by atoms with E-state index >= 15 is 0 Å². The number of aryl methyl sites for hydroxylation is 5. The first-order valence-electron chi connectivity index (χ1n) is 57.0. The van der Waals surface area contributed by atoms with Crippen LogP contribution in [0, 0.1) is 87.0 Å². The van der Waals surface area contributed by atoms with Gasteiger partial charge in [0, 0.05) is 146 Å². The lowest BCUT2D eigenvalue weighted by Crippen LogP contribution is -2.36. The fourth-order valence-corrected chi connectivity index (χ4v) is 19.5. The van der Waals surface area contributed by atoms with Crippen LogP contribution < -0.4 is 18.3 Å². The maximum atomic E-state index is 9.04. The zero-order valence-electron chi connectivity index (χ0n) is 103. The Morgan fingerprint density at radius 3 is 0.825 bits per heavy atom. The Morgan fingerprint density at radius 1 is 0.308 bits per heavy atom. The highest BCUT2D eigenvalue weighted by molar-refractivity contribution is 6.19. The van der Waals surface area contributed by atoms with Gasteiger partial charge in [-0.1, -0.05) is 298 Å². The first-order valence-corrected chi connectivity index (χ1v) is 48.5. The lowest BCUT2D eigenvalue weighted by atomic mass is 9.88. The maximum absolute atomic E-state index is 9.04. The Balaban J connectivity index is 0.000000143. The molecule has 12 heteroatoms. The summed E-state index contributed by atoms with van der Waals surface area (Å²) in [5.74, 6) is -1.51. The van der Waals surface area contributed by atoms with Crippen molar-refractivity contribution < 1.29 is 59.2 Å². The number of hydrogen-bond donors (Lipinski definition) is 0. The zero-order valence-corrected chi connectivity index (χ0v) is 86.2. The number of fused-ring (bicyclic) bond motifs is 12. The van der Waals surface area contributed by atoms with Crippen molar-refractivity contribution in [3.63, 3.8) is 0 Å². The lowest BCUT2D eigenvalue weighted by molar-refractivity contribution is -0.667. The molecule has 12 nitrogen and oxygen atoms in total. The topological polar surface area (TPSA) is 85.5 Å². The molecule has 1 unspecified atom stereocenters. The Bertz CT molecular complexity index is 9220. The van der Waals surface area contributed by atoms with Gasteiger partial charge in [-0.3, -0.25) is 0 Å². The van der Waals surface area contributed by atoms with Crippen LogP contribution in [0.1, 0.15) is 246 Å². The van der Waals surface area contributed by atoms with Crippen molar-refractivity contribution in [1.82, 2.24) is 0 Å². The number of hydrogen-bond acceptors (Lipinski definition) is 4. The molecule has 0 bridgehead atoms. The van der Waals surface area contributed by atoms with Gasteiger partial charge in [-0.15, -0.1) is 0 Å². The molecule has 1 atom stereocenters. The second-order valence-corrected chi connectivity index (χ2v) is 40.0. The Labute approximate surface area is 867 Å². The van der Waals surface area contributed by atoms with Crippen LogP contribution in [0.3, 0.4) is 0 Å². The van der Waals surface area contributed by atoms with Gasteiger partial charge in [0.15, 0.2) is 46.0 Å². The number of benzene rings is 12. The van der Waals surface area contributed by atoms with Crippen molar-refractivity contribution in [2.24, 2.45) is 33.6 Å². The van der Waals surface area contributed by atoms with Crippen molar-refractivity contribution in [2.45, 2.75) is 201 Å². The summed E-state index contributed by atoms with van der Waals surface area (Å²) in [5, 5.41) is 6.98. The Kier molecular flexibility index (Phi) is 22.0. The number of pyridine rings is 4. The van der Waals surface area contributed by atoms with Crippen molar-refractivity contribution in [3.8, 4) is 89.5 Å². The van der Waals surface area contributed by atoms with Crippen LogP contribution in [0.4, 0.5) is 22.7 Å². The zero-order chi connectivity index (χ0) is 117. The van der Waals surface area contributed by atoms with E-state index in [-0.39, 0.29) is 53.4 Å². The molecule has 8 heterocycles. The molecule has 0 N–H and O–H groups in total. The average Bonchev–Trinajstić information content (AvgIpc) is 1.55. The van der Waals surface area contributed by atoms with E-state index in [2.05, 4.69) is 160 Å². The van der Waals surface area contributed by atoms with E-state index in [4.69, 9.17) is 67.3 Å². The van der Waals surface area contributed by atoms with Crippen LogP contribution in [0.25, 0.3) is 197 Å². The standard InChI is InChI=1S/C34H35N2O.2C33H33N2O.C31H29N2O/c1-21(2)24-11-13-25(14-12-24)31-28(35-7)17-16-27-26-15-9-22(3)30(32(26)37-33(27)31)29-18-10-23(20-36(29)8)19-34(4,5)6;2*1-19(2)23-10-12-24(13-11-23)31-28(34-7)17-15-27-26-14-9-21(5)30(32(26)36-33(27)31)29-18-16-25(20(3)4)22(6)35(29)8;1-18(2)22-10-12-23(13-11-22)29-26(32-6)16-15-25-24-14-8-20(4)28(30(24)34-31(25)29)27-17-9-19(3)21(5)33(27)7/h9-18,20-21H,19H2,1-6,8H3;2*9-20H,1-6,8H3;8-18H,1-5,7H3/q4*+1/i10D,19D2;3D3,16D,18D,20D;16D,18D,20D;3D3,9D,17D. The summed E-state index contributed by atoms with van der Waals surface area (Å²) in [6, 6.07) is 65.0. The van der Waals surface area contributed by atoms with Crippen LogP contribution in [0.15, 0.2) is 266 Å². The molecule has 0 aliphatic rings. The molecule has 0 radical (unpaired) electrons. The van der Waals surface area contributed by atoms with Crippen LogP contribution in [-0.2, 0) is 34.6 Å². The minimum absolute atomic E-state index is 0.00186. The average molecular weight is 1900 g/mol. The molecular formula is C131H130N8O4+4. The fourth-order valence-electron chi connectivity index (χ4n) is 19.5. The van der Waals surface area contributed by atoms with Gasteiger partial charge in [0.1, 0.15) is 72.9 Å². The summed E-state index contributed by atoms with van der Waals surface area (Å²) >= 11 is 0. The molecule has 20 rings (SSSR count). The van der Waals surface area contributed by atoms with Gasteiger partial charge >= 0.3 is 0 Å². The first kappa shape index (κ1) is 79.1. The van der Waals surface area contributed by atoms with Crippen molar-refractivity contribution in [2.75, 3.05) is 0 Å². The largest absolute Gasteiger partial charge is 0.456 e. The van der Waals surface area contributed by atoms with Gasteiger partial charge in [-0.05, 0) is 173 Å². The molecule has 0 fully saturated rings. The Hall–Kier alpha value is -15.6. The second kappa shape index (κ2) is 39.8. The van der Waals surface area contributed by atoms with Gasteiger partial charge in [0.05, 0.1) is 58.1 Å². The third kappa shape index (κ3) is 18.5. The van der Waals surface area contributed by atoms with Crippen LogP contribution in [0.5, 0.6) is 0 Å². The number of furan rings is 4. The molecule has 8 aromatic heterocycles. The van der Waals surface area contributed by atoms with E-state index < -0.39 is 37.3 Å². The molecule has 143 heavy (non-hydrogen) atoms. The predicted octanol–water partition coefficient (Wildman–Crippen LogP) is 36.0. The van der Waals surface area contributed by atoms with Crippen molar-refractivity contribution in [1.29, 1.82) is 0 Å². The number of aromatic nitrogens is 4. The third-order valence-electron chi connectivity index (χ3n) is 27.9. The van der Waals surface area contributed by atoms with Crippen LogP contribution >= 0.6 is 0 Å². The number of rotatable bonds is 15. The molecule has 20 aromatic rings. The molecular weight excluding hydrogens is 1750 g/mol. The normalized spacial score (nSPS) is 14.2. The van der Waals surface area contributed by atoms with Gasteiger partial charge in [0.25, 0.3) is 0 Å². The molecule has 0 saturated heterocycles. The minimum atomic E-state index is -2.69. The van der Waals surface area contributed by atoms with Gasteiger partial charge in [-0.25, -0.2) is 23.9 Å². The Morgan fingerprint density at radius 2 is 0.566 bits per heavy atom. The van der Waals surface area contributed by atoms with E-state index in [0.717, 1.165) is 121 Å². The molecule has 0 spiro atoms. The molecule has 0 aliphatic carbocycles. The predicted molar refractivity (Wildman–Crippen MR) is 594 cm³/mol. The smallest absolute Gasteiger partial charge is 0.216 e. The monoisotopic (exact) mass is 1900 g/mol. The maximum Gasteiger partial charge on any atom is 0.216 e. The fraction of sp³-hybridized carbons (Fsp3) is 0.267. The molecule has 12 aromatic carbocycles. The molecule has 714 valence electrons. The molecule has 0 saturated carbocycles. The van der Waals surface area contributed by atoms with E-state index in [9.17, 15) is 0 Å². The number of nitrogens with zero attached hydrogens (tertiary/aromatic N) is 8. The van der Waals surface area contributed by atoms with E-state index in [1.807, 2.05) is 182 Å². The second-order valence-electron chi connectivity index (χ2n) is 40.0. The lowest BCUT2D eigenvalue weighted by Gasteiger charge is -2.17. The summed E-state index contributed by atoms with van der Waals surface area (Å²) in [7, 11) is 7.21. The minimum Gasteiger partial charge on any atom is -0.456 e.